The number of fused-ring (bicyclic) bond motifs is 1. The van der Waals surface area contributed by atoms with Crippen molar-refractivity contribution in [3.8, 4) is 22.8 Å². The molecule has 1 aromatic carbocycles. The normalized spacial score (nSPS) is 15.2. The molecule has 1 fully saturated rings. The van der Waals surface area contributed by atoms with Crippen molar-refractivity contribution >= 4 is 35.1 Å². The van der Waals surface area contributed by atoms with Crippen LogP contribution in [0, 0.1) is 0 Å². The lowest BCUT2D eigenvalue weighted by molar-refractivity contribution is 0.395. The molecule has 9 heteroatoms. The largest absolute Gasteiger partial charge is 0.496 e. The van der Waals surface area contributed by atoms with Crippen LogP contribution >= 0.6 is 23.5 Å². The number of halogens is 1. The van der Waals surface area contributed by atoms with Gasteiger partial charge in [0.05, 0.1) is 24.9 Å². The zero-order valence-electron chi connectivity index (χ0n) is 17.6. The fourth-order valence-electron chi connectivity index (χ4n) is 3.55. The highest BCUT2D eigenvalue weighted by molar-refractivity contribution is 7.97. The third-order valence-corrected chi connectivity index (χ3v) is 6.36. The van der Waals surface area contributed by atoms with E-state index >= 15 is 0 Å². The van der Waals surface area contributed by atoms with Crippen molar-refractivity contribution < 1.29 is 9.47 Å². The summed E-state index contributed by atoms with van der Waals surface area (Å²) in [7, 11) is 3.20. The number of aromatic nitrogens is 3. The van der Waals surface area contributed by atoms with Gasteiger partial charge < -0.3 is 14.4 Å². The van der Waals surface area contributed by atoms with Gasteiger partial charge >= 0.3 is 0 Å². The molecule has 0 radical (unpaired) electrons. The highest BCUT2D eigenvalue weighted by atomic mass is 35.5. The minimum Gasteiger partial charge on any atom is -0.496 e. The molecule has 7 nitrogen and oxygen atoms in total. The molecule has 0 amide bonds. The van der Waals surface area contributed by atoms with Crippen molar-refractivity contribution in [2.24, 2.45) is 0 Å². The van der Waals surface area contributed by atoms with Crippen molar-refractivity contribution in [1.82, 2.24) is 18.7 Å². The number of anilines is 1. The van der Waals surface area contributed by atoms with E-state index in [1.807, 2.05) is 40.9 Å². The van der Waals surface area contributed by atoms with E-state index in [2.05, 4.69) is 23.1 Å². The maximum atomic E-state index is 6.33. The summed E-state index contributed by atoms with van der Waals surface area (Å²) in [4.78, 5) is 11.8. The molecule has 0 atom stereocenters. The Kier molecular flexibility index (Phi) is 6.26. The Morgan fingerprint density at radius 3 is 2.43 bits per heavy atom. The van der Waals surface area contributed by atoms with Gasteiger partial charge in [-0.2, -0.15) is 4.98 Å². The molecule has 3 aromatic rings. The third-order valence-electron chi connectivity index (χ3n) is 4.98. The molecule has 30 heavy (non-hydrogen) atoms. The Labute approximate surface area is 186 Å². The quantitative estimate of drug-likeness (QED) is 0.523. The van der Waals surface area contributed by atoms with Crippen LogP contribution < -0.4 is 14.4 Å². The molecule has 0 saturated carbocycles. The average Bonchev–Trinajstić information content (AvgIpc) is 3.17. The number of imidazole rings is 1. The maximum absolute atomic E-state index is 6.33. The number of piperazine rings is 1. The zero-order chi connectivity index (χ0) is 21.3. The van der Waals surface area contributed by atoms with Crippen LogP contribution in [-0.2, 0) is 0 Å². The summed E-state index contributed by atoms with van der Waals surface area (Å²) in [5.74, 6) is 2.82. The van der Waals surface area contributed by atoms with Crippen LogP contribution in [0.25, 0.3) is 17.0 Å². The molecule has 0 bridgehead atoms. The van der Waals surface area contributed by atoms with Crippen molar-refractivity contribution in [1.29, 1.82) is 0 Å². The molecule has 0 aliphatic carbocycles. The van der Waals surface area contributed by atoms with E-state index in [1.54, 1.807) is 20.3 Å². The van der Waals surface area contributed by atoms with E-state index in [1.165, 1.54) is 0 Å². The summed E-state index contributed by atoms with van der Waals surface area (Å²) in [5, 5.41) is 1.12. The number of nitrogens with zero attached hydrogens (tertiary/aromatic N) is 5. The average molecular weight is 448 g/mol. The van der Waals surface area contributed by atoms with Crippen LogP contribution in [-0.4, -0.2) is 64.3 Å². The molecule has 4 rings (SSSR count). The van der Waals surface area contributed by atoms with Crippen LogP contribution in [0.15, 0.2) is 30.6 Å². The third kappa shape index (κ3) is 4.31. The number of hydrogen-bond donors (Lipinski definition) is 0. The van der Waals surface area contributed by atoms with Gasteiger partial charge in [-0.05, 0) is 12.1 Å². The van der Waals surface area contributed by atoms with Gasteiger partial charge in [-0.25, -0.2) is 9.29 Å². The van der Waals surface area contributed by atoms with Crippen molar-refractivity contribution in [2.45, 2.75) is 19.1 Å². The molecule has 1 saturated heterocycles. The Balaban J connectivity index is 1.59. The Bertz CT molecular complexity index is 1030. The molecule has 0 N–H and O–H groups in total. The first-order valence-electron chi connectivity index (χ1n) is 9.93. The fraction of sp³-hybridized carbons (Fsp3) is 0.429. The highest BCUT2D eigenvalue weighted by Gasteiger charge is 2.20. The maximum Gasteiger partial charge on any atom is 0.236 e. The minimum absolute atomic E-state index is 0.510. The minimum atomic E-state index is 0.510. The summed E-state index contributed by atoms with van der Waals surface area (Å²) in [6, 6.07) is 5.63. The summed E-state index contributed by atoms with van der Waals surface area (Å²) in [6.45, 7) is 8.42. The van der Waals surface area contributed by atoms with E-state index in [9.17, 15) is 0 Å². The van der Waals surface area contributed by atoms with Gasteiger partial charge in [-0.3, -0.25) is 4.40 Å². The van der Waals surface area contributed by atoms with Crippen molar-refractivity contribution in [3.63, 3.8) is 0 Å². The molecule has 1 aliphatic heterocycles. The van der Waals surface area contributed by atoms with Crippen molar-refractivity contribution in [2.75, 3.05) is 45.3 Å². The SMILES string of the molecule is COc1cc(OC)c(-c2cn3ccc(N4CCN(SC(C)C)CC4)nc3n2)cc1Cl. The molecule has 2 aromatic heterocycles. The van der Waals surface area contributed by atoms with E-state index in [4.69, 9.17) is 31.0 Å². The topological polar surface area (TPSA) is 55.1 Å². The number of benzene rings is 1. The second kappa shape index (κ2) is 8.91. The van der Waals surface area contributed by atoms with E-state index < -0.39 is 0 Å². The van der Waals surface area contributed by atoms with Gasteiger partial charge in [0.15, 0.2) is 0 Å². The highest BCUT2D eigenvalue weighted by Crippen LogP contribution is 2.38. The van der Waals surface area contributed by atoms with E-state index in [-0.39, 0.29) is 0 Å². The van der Waals surface area contributed by atoms with Crippen LogP contribution in [0.2, 0.25) is 5.02 Å². The van der Waals surface area contributed by atoms with Gasteiger partial charge in [-0.15, -0.1) is 0 Å². The first-order valence-corrected chi connectivity index (χ1v) is 11.1. The summed E-state index contributed by atoms with van der Waals surface area (Å²) in [6.07, 6.45) is 3.94. The number of hydrogen-bond acceptors (Lipinski definition) is 7. The molecule has 1 aliphatic rings. The van der Waals surface area contributed by atoms with Gasteiger partial charge in [-0.1, -0.05) is 37.4 Å². The predicted molar refractivity (Wildman–Crippen MR) is 123 cm³/mol. The zero-order valence-corrected chi connectivity index (χ0v) is 19.2. The summed E-state index contributed by atoms with van der Waals surface area (Å²) >= 11 is 8.26. The second-order valence-electron chi connectivity index (χ2n) is 7.38. The first kappa shape index (κ1) is 21.1. The lowest BCUT2D eigenvalue weighted by Gasteiger charge is -2.35. The lowest BCUT2D eigenvalue weighted by Crippen LogP contribution is -2.44. The smallest absolute Gasteiger partial charge is 0.236 e. The monoisotopic (exact) mass is 447 g/mol. The first-order chi connectivity index (χ1) is 14.5. The Morgan fingerprint density at radius 2 is 1.77 bits per heavy atom. The Hall–Kier alpha value is -2.16. The van der Waals surface area contributed by atoms with Gasteiger partial charge in [0.25, 0.3) is 0 Å². The lowest BCUT2D eigenvalue weighted by atomic mass is 10.1. The molecule has 0 unspecified atom stereocenters. The molecule has 0 spiro atoms. The van der Waals surface area contributed by atoms with E-state index in [0.717, 1.165) is 43.3 Å². The van der Waals surface area contributed by atoms with Gasteiger partial charge in [0, 0.05) is 55.5 Å². The van der Waals surface area contributed by atoms with Crippen molar-refractivity contribution in [3.05, 3.63) is 35.6 Å². The molecular formula is C21H26ClN5O2S. The second-order valence-corrected chi connectivity index (χ2v) is 9.45. The fourth-order valence-corrected chi connectivity index (χ4v) is 4.76. The summed E-state index contributed by atoms with van der Waals surface area (Å²) < 4.78 is 15.2. The van der Waals surface area contributed by atoms with Gasteiger partial charge in [0.1, 0.15) is 17.3 Å². The Morgan fingerprint density at radius 1 is 1.03 bits per heavy atom. The molecular weight excluding hydrogens is 422 g/mol. The van der Waals surface area contributed by atoms with Gasteiger partial charge in [0.2, 0.25) is 5.78 Å². The van der Waals surface area contributed by atoms with Crippen LogP contribution in [0.3, 0.4) is 0 Å². The molecule has 3 heterocycles. The predicted octanol–water partition coefficient (Wildman–Crippen LogP) is 4.25. The standard InChI is InChI=1S/C21H26ClN5O2S/c1-14(2)30-27-9-7-25(8-10-27)20-5-6-26-13-17(23-21(26)24-20)15-11-16(22)19(29-4)12-18(15)28-3/h5-6,11-14H,7-10H2,1-4H3. The van der Waals surface area contributed by atoms with Crippen LogP contribution in [0.4, 0.5) is 5.82 Å². The number of methoxy groups -OCH3 is 2. The molecule has 160 valence electrons. The van der Waals surface area contributed by atoms with Crippen LogP contribution in [0.1, 0.15) is 13.8 Å². The van der Waals surface area contributed by atoms with Crippen LogP contribution in [0.5, 0.6) is 11.5 Å². The number of ether oxygens (including phenoxy) is 2. The summed E-state index contributed by atoms with van der Waals surface area (Å²) in [5.41, 5.74) is 1.55. The number of rotatable bonds is 6. The van der Waals surface area contributed by atoms with E-state index in [0.29, 0.717) is 27.5 Å².